The normalized spacial score (nSPS) is 20.1. The maximum Gasteiger partial charge on any atom is 0.0792 e. The molecule has 62 valence electrons. The maximum absolute atomic E-state index is 9.77. The fourth-order valence-corrected chi connectivity index (χ4v) is 1.07. The summed E-state index contributed by atoms with van der Waals surface area (Å²) in [5.41, 5.74) is 4.81. The van der Waals surface area contributed by atoms with E-state index in [1.807, 2.05) is 13.8 Å². The first-order valence-corrected chi connectivity index (χ1v) is 4.03. The number of aliphatic hydroxyl groups is 1. The maximum atomic E-state index is 9.77. The van der Waals surface area contributed by atoms with Gasteiger partial charge in [0.2, 0.25) is 0 Å². The van der Waals surface area contributed by atoms with Crippen LogP contribution in [0.5, 0.6) is 0 Å². The summed E-state index contributed by atoms with van der Waals surface area (Å²) in [7, 11) is 0. The van der Waals surface area contributed by atoms with Crippen molar-refractivity contribution in [2.45, 2.75) is 39.2 Å². The molecular formula is C8H19NO. The van der Waals surface area contributed by atoms with Gasteiger partial charge in [-0.05, 0) is 12.3 Å². The zero-order valence-electron chi connectivity index (χ0n) is 7.22. The number of hydrogen-bond acceptors (Lipinski definition) is 2. The minimum Gasteiger partial charge on any atom is -0.388 e. The third-order valence-electron chi connectivity index (χ3n) is 2.50. The van der Waals surface area contributed by atoms with Crippen molar-refractivity contribution in [1.82, 2.24) is 0 Å². The van der Waals surface area contributed by atoms with Crippen LogP contribution in [0.2, 0.25) is 0 Å². The molecule has 2 nitrogen and oxygen atoms in total. The lowest BCUT2D eigenvalue weighted by Crippen LogP contribution is -2.43. The molecule has 0 fully saturated rings. The van der Waals surface area contributed by atoms with Gasteiger partial charge in [0.1, 0.15) is 0 Å². The molecule has 0 saturated carbocycles. The topological polar surface area (TPSA) is 46.2 Å². The summed E-state index contributed by atoms with van der Waals surface area (Å²) in [6.07, 6.45) is 1.74. The van der Waals surface area contributed by atoms with Crippen molar-refractivity contribution in [3.8, 4) is 0 Å². The Morgan fingerprint density at radius 2 is 2.00 bits per heavy atom. The van der Waals surface area contributed by atoms with E-state index in [2.05, 4.69) is 6.92 Å². The molecule has 0 bridgehead atoms. The molecule has 0 amide bonds. The van der Waals surface area contributed by atoms with Crippen LogP contribution in [0.15, 0.2) is 0 Å². The minimum absolute atomic E-state index is 0.308. The van der Waals surface area contributed by atoms with E-state index in [1.54, 1.807) is 0 Å². The second kappa shape index (κ2) is 3.94. The first kappa shape index (κ1) is 9.92. The largest absolute Gasteiger partial charge is 0.388 e. The third kappa shape index (κ3) is 1.96. The summed E-state index contributed by atoms with van der Waals surface area (Å²) in [6.45, 7) is 6.45. The first-order chi connectivity index (χ1) is 4.60. The highest BCUT2D eigenvalue weighted by molar-refractivity contribution is 4.82. The molecule has 2 heteroatoms. The van der Waals surface area contributed by atoms with Crippen LogP contribution < -0.4 is 5.73 Å². The predicted molar refractivity (Wildman–Crippen MR) is 43.8 cm³/mol. The van der Waals surface area contributed by atoms with Gasteiger partial charge < -0.3 is 10.8 Å². The second-order valence-corrected chi connectivity index (χ2v) is 2.97. The smallest absolute Gasteiger partial charge is 0.0792 e. The quantitative estimate of drug-likeness (QED) is 0.623. The number of hydrogen-bond donors (Lipinski definition) is 2. The minimum atomic E-state index is -0.630. The Bertz CT molecular complexity index is 89.3. The van der Waals surface area contributed by atoms with E-state index in [4.69, 9.17) is 5.73 Å². The van der Waals surface area contributed by atoms with Gasteiger partial charge in [-0.1, -0.05) is 27.2 Å². The van der Waals surface area contributed by atoms with E-state index in [0.29, 0.717) is 12.5 Å². The fourth-order valence-electron chi connectivity index (χ4n) is 1.07. The summed E-state index contributed by atoms with van der Waals surface area (Å²) in [4.78, 5) is 0. The van der Waals surface area contributed by atoms with Crippen LogP contribution in [0.25, 0.3) is 0 Å². The Kier molecular flexibility index (Phi) is 3.91. The molecule has 0 heterocycles. The highest BCUT2D eigenvalue weighted by Gasteiger charge is 2.28. The molecular weight excluding hydrogens is 126 g/mol. The van der Waals surface area contributed by atoms with Crippen LogP contribution in [0.4, 0.5) is 0 Å². The SMILES string of the molecule is CCC(C)C(O)(CC)CN. The van der Waals surface area contributed by atoms with E-state index >= 15 is 0 Å². The summed E-state index contributed by atoms with van der Waals surface area (Å²) in [5.74, 6) is 0.308. The van der Waals surface area contributed by atoms with Crippen LogP contribution >= 0.6 is 0 Å². The molecule has 0 spiro atoms. The highest BCUT2D eigenvalue weighted by Crippen LogP contribution is 2.22. The molecule has 0 saturated heterocycles. The molecule has 3 N–H and O–H groups in total. The van der Waals surface area contributed by atoms with Crippen molar-refractivity contribution in [2.75, 3.05) is 6.54 Å². The first-order valence-electron chi connectivity index (χ1n) is 4.03. The van der Waals surface area contributed by atoms with Gasteiger partial charge in [-0.15, -0.1) is 0 Å². The van der Waals surface area contributed by atoms with Gasteiger partial charge in [-0.25, -0.2) is 0 Å². The lowest BCUT2D eigenvalue weighted by atomic mass is 9.85. The molecule has 2 unspecified atom stereocenters. The van der Waals surface area contributed by atoms with Gasteiger partial charge in [0.15, 0.2) is 0 Å². The van der Waals surface area contributed by atoms with E-state index in [0.717, 1.165) is 12.8 Å². The van der Waals surface area contributed by atoms with Gasteiger partial charge in [0.25, 0.3) is 0 Å². The Hall–Kier alpha value is -0.0800. The van der Waals surface area contributed by atoms with Crippen molar-refractivity contribution in [3.63, 3.8) is 0 Å². The number of nitrogens with two attached hydrogens (primary N) is 1. The molecule has 2 atom stereocenters. The Labute approximate surface area is 63.4 Å². The molecule has 0 aliphatic heterocycles. The van der Waals surface area contributed by atoms with Gasteiger partial charge in [-0.3, -0.25) is 0 Å². The van der Waals surface area contributed by atoms with Gasteiger partial charge in [-0.2, -0.15) is 0 Å². The Morgan fingerprint density at radius 3 is 2.10 bits per heavy atom. The van der Waals surface area contributed by atoms with E-state index in [9.17, 15) is 5.11 Å². The molecule has 0 aromatic carbocycles. The predicted octanol–water partition coefficient (Wildman–Crippen LogP) is 1.13. The summed E-state index contributed by atoms with van der Waals surface area (Å²) in [6, 6.07) is 0. The van der Waals surface area contributed by atoms with Crippen molar-refractivity contribution in [3.05, 3.63) is 0 Å². The zero-order chi connectivity index (χ0) is 8.20. The average molecular weight is 145 g/mol. The molecule has 0 aromatic heterocycles. The van der Waals surface area contributed by atoms with Crippen LogP contribution in [0, 0.1) is 5.92 Å². The van der Waals surface area contributed by atoms with Crippen LogP contribution in [-0.4, -0.2) is 17.3 Å². The van der Waals surface area contributed by atoms with Crippen molar-refractivity contribution in [1.29, 1.82) is 0 Å². The molecule has 0 radical (unpaired) electrons. The van der Waals surface area contributed by atoms with E-state index in [1.165, 1.54) is 0 Å². The highest BCUT2D eigenvalue weighted by atomic mass is 16.3. The Morgan fingerprint density at radius 1 is 1.50 bits per heavy atom. The monoisotopic (exact) mass is 145 g/mol. The fraction of sp³-hybridized carbons (Fsp3) is 1.00. The molecule has 0 rings (SSSR count). The molecule has 0 aliphatic carbocycles. The summed E-state index contributed by atoms with van der Waals surface area (Å²) in [5, 5.41) is 9.77. The van der Waals surface area contributed by atoms with Gasteiger partial charge in [0.05, 0.1) is 5.60 Å². The van der Waals surface area contributed by atoms with Gasteiger partial charge in [0, 0.05) is 6.54 Å². The van der Waals surface area contributed by atoms with Crippen molar-refractivity contribution >= 4 is 0 Å². The van der Waals surface area contributed by atoms with Crippen molar-refractivity contribution < 1.29 is 5.11 Å². The second-order valence-electron chi connectivity index (χ2n) is 2.97. The lowest BCUT2D eigenvalue weighted by molar-refractivity contribution is -0.00819. The third-order valence-corrected chi connectivity index (χ3v) is 2.50. The zero-order valence-corrected chi connectivity index (χ0v) is 7.22. The van der Waals surface area contributed by atoms with Crippen LogP contribution in [0.1, 0.15) is 33.6 Å². The lowest BCUT2D eigenvalue weighted by Gasteiger charge is -2.31. The van der Waals surface area contributed by atoms with E-state index < -0.39 is 5.60 Å². The summed E-state index contributed by atoms with van der Waals surface area (Å²) < 4.78 is 0. The standard InChI is InChI=1S/C8H19NO/c1-4-7(3)8(10,5-2)6-9/h7,10H,4-6,9H2,1-3H3. The molecule has 0 aliphatic rings. The van der Waals surface area contributed by atoms with Crippen LogP contribution in [0.3, 0.4) is 0 Å². The Balaban J connectivity index is 4.02. The number of rotatable bonds is 4. The molecule has 10 heavy (non-hydrogen) atoms. The molecule has 0 aromatic rings. The van der Waals surface area contributed by atoms with Crippen molar-refractivity contribution in [2.24, 2.45) is 11.7 Å². The summed E-state index contributed by atoms with van der Waals surface area (Å²) >= 11 is 0. The van der Waals surface area contributed by atoms with Crippen LogP contribution in [-0.2, 0) is 0 Å². The average Bonchev–Trinajstić information content (AvgIpc) is 2.01. The van der Waals surface area contributed by atoms with E-state index in [-0.39, 0.29) is 0 Å². The van der Waals surface area contributed by atoms with Gasteiger partial charge >= 0.3 is 0 Å².